The van der Waals surface area contributed by atoms with Gasteiger partial charge < -0.3 is 14.5 Å². The van der Waals surface area contributed by atoms with Gasteiger partial charge in [0.15, 0.2) is 6.61 Å². The standard InChI is InChI=1S/C23H26N4O4/c1-4-26(5-2)21(28)14-25(3)22(29)15-31-23(30)17-10-12-18(13-11-17)27-16-24-19-8-6-7-9-20(19)27/h6-13,16H,4-5,14-15H2,1-3H3. The molecule has 0 aliphatic heterocycles. The highest BCUT2D eigenvalue weighted by atomic mass is 16.5. The number of hydrogen-bond donors (Lipinski definition) is 0. The van der Waals surface area contributed by atoms with E-state index in [1.165, 1.54) is 11.9 Å². The van der Waals surface area contributed by atoms with Crippen LogP contribution in [0.3, 0.4) is 0 Å². The van der Waals surface area contributed by atoms with Crippen LogP contribution in [0.5, 0.6) is 0 Å². The smallest absolute Gasteiger partial charge is 0.338 e. The Morgan fingerprint density at radius 1 is 0.968 bits per heavy atom. The normalized spacial score (nSPS) is 10.7. The van der Waals surface area contributed by atoms with E-state index in [4.69, 9.17) is 4.74 Å². The van der Waals surface area contributed by atoms with Crippen molar-refractivity contribution in [3.05, 3.63) is 60.4 Å². The fraction of sp³-hybridized carbons (Fsp3) is 0.304. The molecule has 0 saturated heterocycles. The summed E-state index contributed by atoms with van der Waals surface area (Å²) in [6.07, 6.45) is 1.73. The van der Waals surface area contributed by atoms with E-state index in [0.29, 0.717) is 18.7 Å². The third-order valence-corrected chi connectivity index (χ3v) is 5.08. The molecule has 0 radical (unpaired) electrons. The highest BCUT2D eigenvalue weighted by molar-refractivity contribution is 5.92. The maximum absolute atomic E-state index is 12.3. The highest BCUT2D eigenvalue weighted by Crippen LogP contribution is 2.18. The number of benzene rings is 2. The van der Waals surface area contributed by atoms with Crippen molar-refractivity contribution in [2.75, 3.05) is 33.3 Å². The summed E-state index contributed by atoms with van der Waals surface area (Å²) < 4.78 is 7.06. The molecule has 0 aliphatic rings. The maximum Gasteiger partial charge on any atom is 0.338 e. The molecule has 1 heterocycles. The first kappa shape index (κ1) is 22.0. The number of fused-ring (bicyclic) bond motifs is 1. The molecule has 0 fully saturated rings. The Balaban J connectivity index is 1.57. The molecule has 31 heavy (non-hydrogen) atoms. The Labute approximate surface area is 181 Å². The van der Waals surface area contributed by atoms with Crippen molar-refractivity contribution in [1.29, 1.82) is 0 Å². The Morgan fingerprint density at radius 3 is 2.32 bits per heavy atom. The molecule has 0 aliphatic carbocycles. The molecule has 8 heteroatoms. The maximum atomic E-state index is 12.3. The first-order valence-electron chi connectivity index (χ1n) is 10.2. The second-order valence-corrected chi connectivity index (χ2v) is 7.04. The van der Waals surface area contributed by atoms with E-state index in [0.717, 1.165) is 16.7 Å². The van der Waals surface area contributed by atoms with Crippen molar-refractivity contribution < 1.29 is 19.1 Å². The quantitative estimate of drug-likeness (QED) is 0.521. The molecule has 0 atom stereocenters. The lowest BCUT2D eigenvalue weighted by Gasteiger charge is -2.23. The van der Waals surface area contributed by atoms with E-state index in [1.54, 1.807) is 35.5 Å². The number of hydrogen-bond acceptors (Lipinski definition) is 5. The lowest BCUT2D eigenvalue weighted by atomic mass is 10.2. The first-order valence-corrected chi connectivity index (χ1v) is 10.2. The number of para-hydroxylation sites is 2. The van der Waals surface area contributed by atoms with Gasteiger partial charge in [-0.15, -0.1) is 0 Å². The topological polar surface area (TPSA) is 84.7 Å². The molecule has 8 nitrogen and oxygen atoms in total. The zero-order valence-electron chi connectivity index (χ0n) is 17.9. The summed E-state index contributed by atoms with van der Waals surface area (Å²) in [5.41, 5.74) is 3.04. The number of rotatable bonds is 8. The molecule has 3 aromatic rings. The Bertz CT molecular complexity index is 1070. The zero-order chi connectivity index (χ0) is 22.4. The van der Waals surface area contributed by atoms with Gasteiger partial charge >= 0.3 is 5.97 Å². The molecule has 0 bridgehead atoms. The number of ether oxygens (including phenoxy) is 1. The van der Waals surface area contributed by atoms with Crippen LogP contribution in [0, 0.1) is 0 Å². The SMILES string of the molecule is CCN(CC)C(=O)CN(C)C(=O)COC(=O)c1ccc(-n2cnc3ccccc32)cc1. The number of likely N-dealkylation sites (N-methyl/N-ethyl adjacent to an activating group) is 2. The fourth-order valence-corrected chi connectivity index (χ4v) is 3.21. The van der Waals surface area contributed by atoms with Crippen molar-refractivity contribution in [2.24, 2.45) is 0 Å². The summed E-state index contributed by atoms with van der Waals surface area (Å²) in [7, 11) is 1.52. The molecular formula is C23H26N4O4. The van der Waals surface area contributed by atoms with E-state index in [9.17, 15) is 14.4 Å². The van der Waals surface area contributed by atoms with Gasteiger partial charge in [0, 0.05) is 25.8 Å². The average molecular weight is 422 g/mol. The van der Waals surface area contributed by atoms with Crippen LogP contribution in [0.4, 0.5) is 0 Å². The summed E-state index contributed by atoms with van der Waals surface area (Å²) in [6.45, 7) is 4.45. The fourth-order valence-electron chi connectivity index (χ4n) is 3.21. The number of carbonyl (C=O) groups is 3. The van der Waals surface area contributed by atoms with Gasteiger partial charge in [-0.05, 0) is 50.2 Å². The van der Waals surface area contributed by atoms with Crippen LogP contribution < -0.4 is 0 Å². The van der Waals surface area contributed by atoms with Crippen LogP contribution in [-0.2, 0) is 14.3 Å². The van der Waals surface area contributed by atoms with Gasteiger partial charge in [-0.1, -0.05) is 12.1 Å². The Hall–Kier alpha value is -3.68. The predicted molar refractivity (Wildman–Crippen MR) is 117 cm³/mol. The third-order valence-electron chi connectivity index (χ3n) is 5.08. The van der Waals surface area contributed by atoms with E-state index in [1.807, 2.05) is 42.7 Å². The number of amides is 2. The summed E-state index contributed by atoms with van der Waals surface area (Å²) in [5.74, 6) is -1.18. The largest absolute Gasteiger partial charge is 0.452 e. The van der Waals surface area contributed by atoms with Crippen LogP contribution in [0.25, 0.3) is 16.7 Å². The highest BCUT2D eigenvalue weighted by Gasteiger charge is 2.18. The molecule has 162 valence electrons. The Morgan fingerprint density at radius 2 is 1.65 bits per heavy atom. The summed E-state index contributed by atoms with van der Waals surface area (Å²) >= 11 is 0. The summed E-state index contributed by atoms with van der Waals surface area (Å²) in [6, 6.07) is 14.6. The van der Waals surface area contributed by atoms with Gasteiger partial charge in [0.2, 0.25) is 5.91 Å². The van der Waals surface area contributed by atoms with E-state index in [-0.39, 0.29) is 12.5 Å². The van der Waals surface area contributed by atoms with Gasteiger partial charge in [0.05, 0.1) is 23.1 Å². The molecule has 0 saturated carbocycles. The first-order chi connectivity index (χ1) is 14.9. The summed E-state index contributed by atoms with van der Waals surface area (Å²) in [5, 5.41) is 0. The molecule has 3 rings (SSSR count). The van der Waals surface area contributed by atoms with E-state index in [2.05, 4.69) is 4.98 Å². The molecule has 2 aromatic carbocycles. The van der Waals surface area contributed by atoms with Crippen LogP contribution in [0.15, 0.2) is 54.9 Å². The van der Waals surface area contributed by atoms with Gasteiger partial charge in [-0.2, -0.15) is 0 Å². The van der Waals surface area contributed by atoms with Crippen LogP contribution in [0.1, 0.15) is 24.2 Å². The van der Waals surface area contributed by atoms with Crippen molar-refractivity contribution in [3.8, 4) is 5.69 Å². The lowest BCUT2D eigenvalue weighted by molar-refractivity contribution is -0.140. The molecule has 0 N–H and O–H groups in total. The Kier molecular flexibility index (Phi) is 7.02. The second-order valence-electron chi connectivity index (χ2n) is 7.04. The minimum Gasteiger partial charge on any atom is -0.452 e. The number of nitrogens with zero attached hydrogens (tertiary/aromatic N) is 4. The monoisotopic (exact) mass is 422 g/mol. The van der Waals surface area contributed by atoms with Crippen LogP contribution in [-0.4, -0.2) is 70.4 Å². The van der Waals surface area contributed by atoms with Gasteiger partial charge in [0.1, 0.15) is 6.33 Å². The third kappa shape index (κ3) is 5.09. The minimum absolute atomic E-state index is 0.0500. The van der Waals surface area contributed by atoms with E-state index < -0.39 is 18.5 Å². The lowest BCUT2D eigenvalue weighted by Crippen LogP contribution is -2.42. The number of carbonyl (C=O) groups excluding carboxylic acids is 3. The molecule has 0 spiro atoms. The molecule has 2 amide bonds. The predicted octanol–water partition coefficient (Wildman–Crippen LogP) is 2.51. The number of imidazole rings is 1. The number of esters is 1. The molecule has 1 aromatic heterocycles. The van der Waals surface area contributed by atoms with Crippen molar-refractivity contribution >= 4 is 28.8 Å². The minimum atomic E-state index is -0.598. The van der Waals surface area contributed by atoms with Gasteiger partial charge in [-0.25, -0.2) is 9.78 Å². The van der Waals surface area contributed by atoms with E-state index >= 15 is 0 Å². The molecular weight excluding hydrogens is 396 g/mol. The van der Waals surface area contributed by atoms with Crippen molar-refractivity contribution in [3.63, 3.8) is 0 Å². The van der Waals surface area contributed by atoms with Crippen LogP contribution >= 0.6 is 0 Å². The van der Waals surface area contributed by atoms with Crippen LogP contribution in [0.2, 0.25) is 0 Å². The average Bonchev–Trinajstić information content (AvgIpc) is 3.22. The molecule has 0 unspecified atom stereocenters. The van der Waals surface area contributed by atoms with Crippen molar-refractivity contribution in [1.82, 2.24) is 19.4 Å². The summed E-state index contributed by atoms with van der Waals surface area (Å²) in [4.78, 5) is 43.9. The van der Waals surface area contributed by atoms with Crippen molar-refractivity contribution in [2.45, 2.75) is 13.8 Å². The van der Waals surface area contributed by atoms with Gasteiger partial charge in [0.25, 0.3) is 5.91 Å². The number of aromatic nitrogens is 2. The second kappa shape index (κ2) is 9.88. The zero-order valence-corrected chi connectivity index (χ0v) is 17.9. The van der Waals surface area contributed by atoms with Gasteiger partial charge in [-0.3, -0.25) is 14.2 Å².